The lowest BCUT2D eigenvalue weighted by Crippen LogP contribution is -2.51. The maximum absolute atomic E-state index is 10.6. The number of rotatable bonds is 4. The number of nitrogens with zero attached hydrogens (tertiary/aromatic N) is 3. The molecule has 1 saturated heterocycles. The van der Waals surface area contributed by atoms with Gasteiger partial charge in [0.2, 0.25) is 5.88 Å². The summed E-state index contributed by atoms with van der Waals surface area (Å²) in [6.07, 6.45) is -1.11. The van der Waals surface area contributed by atoms with E-state index in [0.717, 1.165) is 44.0 Å². The smallest absolute Gasteiger partial charge is 0.475 e. The van der Waals surface area contributed by atoms with Gasteiger partial charge in [-0.2, -0.15) is 13.2 Å². The maximum atomic E-state index is 10.6. The van der Waals surface area contributed by atoms with Crippen LogP contribution in [0, 0.1) is 6.92 Å². The van der Waals surface area contributed by atoms with Crippen molar-refractivity contribution in [2.45, 2.75) is 50.7 Å². The van der Waals surface area contributed by atoms with Gasteiger partial charge in [-0.3, -0.25) is 4.90 Å². The van der Waals surface area contributed by atoms with Crippen molar-refractivity contribution >= 4 is 5.97 Å². The highest BCUT2D eigenvalue weighted by atomic mass is 19.4. The van der Waals surface area contributed by atoms with Gasteiger partial charge < -0.3 is 19.1 Å². The highest BCUT2D eigenvalue weighted by Gasteiger charge is 2.44. The number of carboxylic acid groups (broad SMARTS) is 1. The van der Waals surface area contributed by atoms with Crippen LogP contribution in [0.15, 0.2) is 35.0 Å². The van der Waals surface area contributed by atoms with Gasteiger partial charge in [-0.15, -0.1) is 0 Å². The first-order chi connectivity index (χ1) is 14.2. The summed E-state index contributed by atoms with van der Waals surface area (Å²) in [5, 5.41) is 11.2. The van der Waals surface area contributed by atoms with Crippen LogP contribution in [0.1, 0.15) is 24.3 Å². The summed E-state index contributed by atoms with van der Waals surface area (Å²) in [6.45, 7) is 4.37. The summed E-state index contributed by atoms with van der Waals surface area (Å²) in [6, 6.07) is 8.10. The molecule has 2 aliphatic rings. The number of alkyl halides is 3. The lowest BCUT2D eigenvalue weighted by molar-refractivity contribution is -0.192. The molecule has 30 heavy (non-hydrogen) atoms. The molecule has 0 bridgehead atoms. The zero-order valence-electron chi connectivity index (χ0n) is 16.2. The molecular weight excluding hydrogens is 407 g/mol. The van der Waals surface area contributed by atoms with Gasteiger partial charge in [0.1, 0.15) is 18.0 Å². The fourth-order valence-corrected chi connectivity index (χ4v) is 3.59. The predicted octanol–water partition coefficient (Wildman–Crippen LogP) is 2.82. The first kappa shape index (κ1) is 22.0. The molecular formula is C19H22F3N3O5. The molecule has 164 valence electrons. The number of pyridine rings is 1. The minimum atomic E-state index is -5.08. The molecule has 1 N–H and O–H groups in total. The average molecular weight is 429 g/mol. The van der Waals surface area contributed by atoms with E-state index in [-0.39, 0.29) is 12.2 Å². The molecule has 2 fully saturated rings. The molecule has 0 spiro atoms. The Morgan fingerprint density at radius 2 is 2.13 bits per heavy atom. The van der Waals surface area contributed by atoms with Gasteiger partial charge in [0.15, 0.2) is 0 Å². The molecule has 3 atom stereocenters. The number of hydrogen-bond acceptors (Lipinski definition) is 7. The van der Waals surface area contributed by atoms with Crippen LogP contribution in [0.3, 0.4) is 0 Å². The lowest BCUT2D eigenvalue weighted by Gasteiger charge is -2.38. The molecule has 0 radical (unpaired) electrons. The first-order valence-electron chi connectivity index (χ1n) is 9.39. The third-order valence-electron chi connectivity index (χ3n) is 4.84. The van der Waals surface area contributed by atoms with E-state index in [1.807, 2.05) is 31.2 Å². The number of carboxylic acids is 1. The van der Waals surface area contributed by atoms with Crippen LogP contribution < -0.4 is 4.74 Å². The van der Waals surface area contributed by atoms with Crippen LogP contribution in [0.25, 0.3) is 0 Å². The topological polar surface area (TPSA) is 97.9 Å². The van der Waals surface area contributed by atoms with E-state index in [9.17, 15) is 13.2 Å². The fourth-order valence-electron chi connectivity index (χ4n) is 3.59. The minimum absolute atomic E-state index is 0.0664. The van der Waals surface area contributed by atoms with Crippen molar-refractivity contribution in [3.63, 3.8) is 0 Å². The SMILES string of the molecule is Cc1cc(CN2CCO[C@H]3[C@H](Oc4ccccn4)CC[C@@H]32)no1.O=C(O)C(F)(F)F. The summed E-state index contributed by atoms with van der Waals surface area (Å²) in [4.78, 5) is 15.6. The minimum Gasteiger partial charge on any atom is -0.475 e. The number of hydrogen-bond donors (Lipinski definition) is 1. The number of halogens is 3. The predicted molar refractivity (Wildman–Crippen MR) is 96.8 cm³/mol. The van der Waals surface area contributed by atoms with Gasteiger partial charge in [-0.05, 0) is 25.8 Å². The highest BCUT2D eigenvalue weighted by molar-refractivity contribution is 5.73. The molecule has 0 amide bonds. The molecule has 1 aliphatic carbocycles. The number of fused-ring (bicyclic) bond motifs is 1. The van der Waals surface area contributed by atoms with E-state index in [1.54, 1.807) is 6.20 Å². The molecule has 3 heterocycles. The zero-order valence-corrected chi connectivity index (χ0v) is 16.2. The second-order valence-corrected chi connectivity index (χ2v) is 7.01. The van der Waals surface area contributed by atoms with Gasteiger partial charge in [-0.1, -0.05) is 11.2 Å². The van der Waals surface area contributed by atoms with Crippen LogP contribution >= 0.6 is 0 Å². The first-order valence-corrected chi connectivity index (χ1v) is 9.39. The molecule has 1 aliphatic heterocycles. The van der Waals surface area contributed by atoms with Gasteiger partial charge >= 0.3 is 12.1 Å². The Morgan fingerprint density at radius 3 is 2.73 bits per heavy atom. The van der Waals surface area contributed by atoms with Gasteiger partial charge in [-0.25, -0.2) is 9.78 Å². The van der Waals surface area contributed by atoms with E-state index < -0.39 is 12.1 Å². The lowest BCUT2D eigenvalue weighted by atomic mass is 10.1. The Bertz CT molecular complexity index is 830. The second-order valence-electron chi connectivity index (χ2n) is 7.01. The highest BCUT2D eigenvalue weighted by Crippen LogP contribution is 2.33. The maximum Gasteiger partial charge on any atom is 0.490 e. The summed E-state index contributed by atoms with van der Waals surface area (Å²) < 4.78 is 49.0. The number of aryl methyl sites for hydroxylation is 1. The van der Waals surface area contributed by atoms with E-state index in [4.69, 9.17) is 23.9 Å². The molecule has 4 rings (SSSR count). The van der Waals surface area contributed by atoms with E-state index in [2.05, 4.69) is 15.0 Å². The zero-order chi connectivity index (χ0) is 21.7. The second kappa shape index (κ2) is 9.43. The Kier molecular flexibility index (Phi) is 6.93. The Labute approximate surface area is 170 Å². The Hall–Kier alpha value is -2.66. The van der Waals surface area contributed by atoms with Crippen molar-refractivity contribution in [3.05, 3.63) is 41.9 Å². The summed E-state index contributed by atoms with van der Waals surface area (Å²) in [7, 11) is 0. The normalized spacial score (nSPS) is 23.9. The average Bonchev–Trinajstić information content (AvgIpc) is 3.29. The Balaban J connectivity index is 0.000000318. The summed E-state index contributed by atoms with van der Waals surface area (Å²) in [5.74, 6) is -1.23. The molecule has 8 nitrogen and oxygen atoms in total. The third kappa shape index (κ3) is 5.70. The molecule has 0 aromatic carbocycles. The number of carbonyl (C=O) groups is 1. The van der Waals surface area contributed by atoms with Crippen molar-refractivity contribution in [2.24, 2.45) is 0 Å². The number of aromatic nitrogens is 2. The number of aliphatic carboxylic acids is 1. The van der Waals surface area contributed by atoms with Crippen molar-refractivity contribution in [3.8, 4) is 5.88 Å². The van der Waals surface area contributed by atoms with Gasteiger partial charge in [0.05, 0.1) is 12.3 Å². The largest absolute Gasteiger partial charge is 0.490 e. The summed E-state index contributed by atoms with van der Waals surface area (Å²) in [5.41, 5.74) is 0.984. The molecule has 2 aromatic rings. The quantitative estimate of drug-likeness (QED) is 0.793. The fraction of sp³-hybridized carbons (Fsp3) is 0.526. The van der Waals surface area contributed by atoms with Crippen LogP contribution in [0.2, 0.25) is 0 Å². The van der Waals surface area contributed by atoms with E-state index >= 15 is 0 Å². The monoisotopic (exact) mass is 429 g/mol. The van der Waals surface area contributed by atoms with E-state index in [0.29, 0.717) is 11.9 Å². The van der Waals surface area contributed by atoms with Crippen LogP contribution in [-0.4, -0.2) is 63.7 Å². The molecule has 2 aromatic heterocycles. The number of ether oxygens (including phenoxy) is 2. The van der Waals surface area contributed by atoms with Crippen molar-refractivity contribution < 1.29 is 37.1 Å². The van der Waals surface area contributed by atoms with Crippen LogP contribution in [0.5, 0.6) is 5.88 Å². The Morgan fingerprint density at radius 1 is 1.37 bits per heavy atom. The van der Waals surface area contributed by atoms with Gasteiger partial charge in [0, 0.05) is 37.5 Å². The van der Waals surface area contributed by atoms with Crippen molar-refractivity contribution in [2.75, 3.05) is 13.2 Å². The van der Waals surface area contributed by atoms with Crippen molar-refractivity contribution in [1.82, 2.24) is 15.0 Å². The van der Waals surface area contributed by atoms with Crippen molar-refractivity contribution in [1.29, 1.82) is 0 Å². The summed E-state index contributed by atoms with van der Waals surface area (Å²) >= 11 is 0. The molecule has 0 unspecified atom stereocenters. The molecule has 1 saturated carbocycles. The molecule has 11 heteroatoms. The number of morpholine rings is 1. The van der Waals surface area contributed by atoms with Crippen LogP contribution in [0.4, 0.5) is 13.2 Å². The van der Waals surface area contributed by atoms with Gasteiger partial charge in [0.25, 0.3) is 0 Å². The van der Waals surface area contributed by atoms with E-state index in [1.165, 1.54) is 0 Å². The van der Waals surface area contributed by atoms with Crippen LogP contribution in [-0.2, 0) is 16.1 Å². The standard InChI is InChI=1S/C17H21N3O3.C2HF3O2/c1-12-10-13(19-23-12)11-20-8-9-21-17-14(20)5-6-15(17)22-16-4-2-3-7-18-16;3-2(4,5)1(6)7/h2-4,7,10,14-15,17H,5-6,8-9,11H2,1H3;(H,6,7)/t14-,15+,17+;/m0./s1. The third-order valence-corrected chi connectivity index (χ3v) is 4.84.